The fraction of sp³-hybridized carbons (Fsp3) is 0.381. The minimum Gasteiger partial charge on any atom is -0.382 e. The number of nitrogens with one attached hydrogen (secondary N) is 1. The molecule has 5 heteroatoms. The molecule has 0 aliphatic rings. The Bertz CT molecular complexity index is 885. The van der Waals surface area contributed by atoms with E-state index in [0.717, 1.165) is 12.2 Å². The topological polar surface area (TPSA) is 52.5 Å². The van der Waals surface area contributed by atoms with E-state index in [-0.39, 0.29) is 5.91 Å². The number of rotatable bonds is 9. The Hall–Kier alpha value is -2.37. The van der Waals surface area contributed by atoms with E-state index in [2.05, 4.69) is 53.2 Å². The zero-order valence-electron chi connectivity index (χ0n) is 15.5. The molecular weight excluding hydrogens is 328 g/mol. The zero-order chi connectivity index (χ0) is 18.4. The van der Waals surface area contributed by atoms with Gasteiger partial charge in [-0.15, -0.1) is 0 Å². The van der Waals surface area contributed by atoms with E-state index in [0.29, 0.717) is 32.7 Å². The van der Waals surface area contributed by atoms with Crippen molar-refractivity contribution in [3.8, 4) is 0 Å². The molecule has 0 fully saturated rings. The molecule has 0 saturated heterocycles. The second-order valence-electron chi connectivity index (χ2n) is 6.25. The van der Waals surface area contributed by atoms with Crippen LogP contribution in [0.15, 0.2) is 42.5 Å². The average molecular weight is 354 g/mol. The summed E-state index contributed by atoms with van der Waals surface area (Å²) in [5.74, 6) is 0.0129. The summed E-state index contributed by atoms with van der Waals surface area (Å²) in [6.07, 6.45) is 1.15. The number of anilines is 1. The zero-order valence-corrected chi connectivity index (χ0v) is 15.5. The fourth-order valence-corrected chi connectivity index (χ4v) is 3.27. The summed E-state index contributed by atoms with van der Waals surface area (Å²) in [5, 5.41) is 5.38. The van der Waals surface area contributed by atoms with Crippen LogP contribution in [-0.2, 0) is 20.8 Å². The molecule has 2 aromatic carbocycles. The SMILES string of the molecule is CCn1c2ccccc2c2cc(NC(=O)CCCOCCOC)ccc21. The van der Waals surface area contributed by atoms with Gasteiger partial charge >= 0.3 is 0 Å². The molecule has 138 valence electrons. The number of methoxy groups -OCH3 is 1. The summed E-state index contributed by atoms with van der Waals surface area (Å²) in [6.45, 7) is 4.78. The molecule has 0 unspecified atom stereocenters. The first-order valence-electron chi connectivity index (χ1n) is 9.12. The number of nitrogens with zero attached hydrogens (tertiary/aromatic N) is 1. The highest BCUT2D eigenvalue weighted by Gasteiger charge is 2.10. The van der Waals surface area contributed by atoms with Crippen LogP contribution >= 0.6 is 0 Å². The van der Waals surface area contributed by atoms with Crippen LogP contribution < -0.4 is 5.32 Å². The molecule has 1 heterocycles. The Morgan fingerprint density at radius 1 is 1.04 bits per heavy atom. The molecular formula is C21H26N2O3. The summed E-state index contributed by atoms with van der Waals surface area (Å²) in [4.78, 5) is 12.2. The van der Waals surface area contributed by atoms with Crippen molar-refractivity contribution in [2.24, 2.45) is 0 Å². The molecule has 0 spiro atoms. The fourth-order valence-electron chi connectivity index (χ4n) is 3.27. The summed E-state index contributed by atoms with van der Waals surface area (Å²) in [5.41, 5.74) is 3.25. The van der Waals surface area contributed by atoms with Crippen LogP contribution in [0.3, 0.4) is 0 Å². The normalized spacial score (nSPS) is 11.3. The van der Waals surface area contributed by atoms with E-state index in [1.165, 1.54) is 21.8 Å². The van der Waals surface area contributed by atoms with Gasteiger partial charge < -0.3 is 19.4 Å². The molecule has 3 aromatic rings. The van der Waals surface area contributed by atoms with Gasteiger partial charge in [-0.1, -0.05) is 18.2 Å². The molecule has 3 rings (SSSR count). The maximum atomic E-state index is 12.2. The second kappa shape index (κ2) is 8.83. The van der Waals surface area contributed by atoms with Gasteiger partial charge in [-0.2, -0.15) is 0 Å². The molecule has 1 N–H and O–H groups in total. The third-order valence-electron chi connectivity index (χ3n) is 4.50. The van der Waals surface area contributed by atoms with Crippen LogP contribution in [0.5, 0.6) is 0 Å². The van der Waals surface area contributed by atoms with E-state index < -0.39 is 0 Å². The van der Waals surface area contributed by atoms with Crippen molar-refractivity contribution >= 4 is 33.4 Å². The van der Waals surface area contributed by atoms with Crippen molar-refractivity contribution in [2.45, 2.75) is 26.3 Å². The number of carbonyl (C=O) groups excluding carboxylic acids is 1. The summed E-state index contributed by atoms with van der Waals surface area (Å²) in [6, 6.07) is 14.5. The molecule has 1 aromatic heterocycles. The number of ether oxygens (including phenoxy) is 2. The van der Waals surface area contributed by atoms with Crippen molar-refractivity contribution in [1.82, 2.24) is 4.57 Å². The highest BCUT2D eigenvalue weighted by atomic mass is 16.5. The monoisotopic (exact) mass is 354 g/mol. The Morgan fingerprint density at radius 2 is 1.85 bits per heavy atom. The molecule has 0 bridgehead atoms. The van der Waals surface area contributed by atoms with Gasteiger partial charge in [0.25, 0.3) is 0 Å². The number of benzene rings is 2. The Labute approximate surface area is 153 Å². The minimum atomic E-state index is 0.0129. The molecule has 0 atom stereocenters. The number of hydrogen-bond acceptors (Lipinski definition) is 3. The number of aromatic nitrogens is 1. The quantitative estimate of drug-likeness (QED) is 0.586. The maximum Gasteiger partial charge on any atom is 0.224 e. The van der Waals surface area contributed by atoms with Gasteiger partial charge in [0, 0.05) is 54.2 Å². The van der Waals surface area contributed by atoms with E-state index in [9.17, 15) is 4.79 Å². The standard InChI is InChI=1S/C21H26N2O3/c1-3-23-19-8-5-4-7-17(19)18-15-16(10-11-20(18)23)22-21(24)9-6-12-26-14-13-25-2/h4-5,7-8,10-11,15H,3,6,9,12-14H2,1-2H3,(H,22,24). The lowest BCUT2D eigenvalue weighted by Gasteiger charge is -2.07. The Morgan fingerprint density at radius 3 is 2.65 bits per heavy atom. The van der Waals surface area contributed by atoms with Crippen LogP contribution in [-0.4, -0.2) is 37.4 Å². The highest BCUT2D eigenvalue weighted by molar-refractivity contribution is 6.09. The van der Waals surface area contributed by atoms with Crippen molar-refractivity contribution in [3.63, 3.8) is 0 Å². The number of fused-ring (bicyclic) bond motifs is 3. The lowest BCUT2D eigenvalue weighted by atomic mass is 10.1. The predicted octanol–water partition coefficient (Wildman–Crippen LogP) is 4.20. The van der Waals surface area contributed by atoms with Gasteiger partial charge in [0.1, 0.15) is 0 Å². The third-order valence-corrected chi connectivity index (χ3v) is 4.50. The number of amides is 1. The smallest absolute Gasteiger partial charge is 0.224 e. The lowest BCUT2D eigenvalue weighted by Crippen LogP contribution is -2.12. The number of hydrogen-bond donors (Lipinski definition) is 1. The van der Waals surface area contributed by atoms with E-state index in [1.807, 2.05) is 6.07 Å². The van der Waals surface area contributed by atoms with Crippen molar-refractivity contribution in [2.75, 3.05) is 32.2 Å². The minimum absolute atomic E-state index is 0.0129. The van der Waals surface area contributed by atoms with Crippen LogP contribution in [0.1, 0.15) is 19.8 Å². The van der Waals surface area contributed by atoms with E-state index in [4.69, 9.17) is 9.47 Å². The highest BCUT2D eigenvalue weighted by Crippen LogP contribution is 2.30. The first-order chi connectivity index (χ1) is 12.7. The van der Waals surface area contributed by atoms with Gasteiger partial charge in [0.2, 0.25) is 5.91 Å². The van der Waals surface area contributed by atoms with Crippen molar-refractivity contribution in [3.05, 3.63) is 42.5 Å². The van der Waals surface area contributed by atoms with E-state index in [1.54, 1.807) is 7.11 Å². The first kappa shape index (κ1) is 18.4. The van der Waals surface area contributed by atoms with Crippen LogP contribution in [0.4, 0.5) is 5.69 Å². The van der Waals surface area contributed by atoms with E-state index >= 15 is 0 Å². The Balaban J connectivity index is 1.67. The van der Waals surface area contributed by atoms with Crippen LogP contribution in [0, 0.1) is 0 Å². The second-order valence-corrected chi connectivity index (χ2v) is 6.25. The van der Waals surface area contributed by atoms with Crippen LogP contribution in [0.25, 0.3) is 21.8 Å². The predicted molar refractivity (Wildman–Crippen MR) is 106 cm³/mol. The summed E-state index contributed by atoms with van der Waals surface area (Å²) >= 11 is 0. The molecule has 5 nitrogen and oxygen atoms in total. The number of aryl methyl sites for hydroxylation is 1. The molecule has 0 radical (unpaired) electrons. The summed E-state index contributed by atoms with van der Waals surface area (Å²) in [7, 11) is 1.64. The maximum absolute atomic E-state index is 12.2. The van der Waals surface area contributed by atoms with Gasteiger partial charge in [-0.25, -0.2) is 0 Å². The van der Waals surface area contributed by atoms with Crippen LogP contribution in [0.2, 0.25) is 0 Å². The molecule has 0 aliphatic heterocycles. The molecule has 1 amide bonds. The first-order valence-corrected chi connectivity index (χ1v) is 9.12. The van der Waals surface area contributed by atoms with Gasteiger partial charge in [-0.05, 0) is 37.6 Å². The van der Waals surface area contributed by atoms with Gasteiger partial charge in [0.05, 0.1) is 13.2 Å². The number of carbonyl (C=O) groups is 1. The van der Waals surface area contributed by atoms with Gasteiger partial charge in [0.15, 0.2) is 0 Å². The molecule has 26 heavy (non-hydrogen) atoms. The van der Waals surface area contributed by atoms with Crippen molar-refractivity contribution < 1.29 is 14.3 Å². The largest absolute Gasteiger partial charge is 0.382 e. The lowest BCUT2D eigenvalue weighted by molar-refractivity contribution is -0.116. The Kier molecular flexibility index (Phi) is 6.26. The van der Waals surface area contributed by atoms with Crippen molar-refractivity contribution in [1.29, 1.82) is 0 Å². The average Bonchev–Trinajstić information content (AvgIpc) is 2.97. The number of para-hydroxylation sites is 1. The van der Waals surface area contributed by atoms with Gasteiger partial charge in [-0.3, -0.25) is 4.79 Å². The molecule has 0 saturated carbocycles. The molecule has 0 aliphatic carbocycles. The third kappa shape index (κ3) is 4.06. The summed E-state index contributed by atoms with van der Waals surface area (Å²) < 4.78 is 12.6.